The van der Waals surface area contributed by atoms with Crippen LogP contribution in [-0.2, 0) is 6.54 Å². The molecule has 0 bridgehead atoms. The third-order valence-corrected chi connectivity index (χ3v) is 3.35. The highest BCUT2D eigenvalue weighted by molar-refractivity contribution is 4.99. The summed E-state index contributed by atoms with van der Waals surface area (Å²) in [6.45, 7) is 5.61. The van der Waals surface area contributed by atoms with Crippen molar-refractivity contribution in [3.8, 4) is 0 Å². The topological polar surface area (TPSA) is 40.7 Å². The van der Waals surface area contributed by atoms with Gasteiger partial charge in [-0.25, -0.2) is 0 Å². The molecule has 1 aromatic heterocycles. The molecule has 2 rings (SSSR count). The normalized spacial score (nSPS) is 25.4. The zero-order valence-electron chi connectivity index (χ0n) is 9.01. The van der Waals surface area contributed by atoms with E-state index < -0.39 is 0 Å². The molecule has 0 spiro atoms. The van der Waals surface area contributed by atoms with Crippen LogP contribution in [0.2, 0.25) is 0 Å². The molecule has 1 unspecified atom stereocenters. The summed E-state index contributed by atoms with van der Waals surface area (Å²) in [5.41, 5.74) is 1.63. The highest BCUT2D eigenvalue weighted by atomic mass is 15.1. The fourth-order valence-electron chi connectivity index (χ4n) is 2.32. The van der Waals surface area contributed by atoms with Crippen LogP contribution < -0.4 is 5.32 Å². The Morgan fingerprint density at radius 3 is 3.07 bits per heavy atom. The molecular weight excluding hydrogens is 174 g/mol. The van der Waals surface area contributed by atoms with E-state index in [2.05, 4.69) is 29.4 Å². The van der Waals surface area contributed by atoms with E-state index in [0.717, 1.165) is 6.54 Å². The monoisotopic (exact) mass is 193 g/mol. The van der Waals surface area contributed by atoms with Gasteiger partial charge in [-0.15, -0.1) is 0 Å². The van der Waals surface area contributed by atoms with Gasteiger partial charge in [0, 0.05) is 24.5 Å². The summed E-state index contributed by atoms with van der Waals surface area (Å²) in [6, 6.07) is 2.68. The fraction of sp³-hybridized carbons (Fsp3) is 0.727. The number of hydrogen-bond acceptors (Lipinski definition) is 2. The van der Waals surface area contributed by atoms with Crippen LogP contribution in [0.5, 0.6) is 0 Å². The molecule has 14 heavy (non-hydrogen) atoms. The molecule has 3 heteroatoms. The SMILES string of the molecule is CC1(C)CCCC1NCc1ccn[nH]1. The molecule has 0 aromatic carbocycles. The van der Waals surface area contributed by atoms with Gasteiger partial charge in [-0.1, -0.05) is 20.3 Å². The number of nitrogens with one attached hydrogen (secondary N) is 2. The second kappa shape index (κ2) is 3.73. The lowest BCUT2D eigenvalue weighted by atomic mass is 9.87. The third kappa shape index (κ3) is 1.98. The summed E-state index contributed by atoms with van der Waals surface area (Å²) in [6.07, 6.45) is 5.80. The first-order valence-corrected chi connectivity index (χ1v) is 5.40. The van der Waals surface area contributed by atoms with E-state index in [9.17, 15) is 0 Å². The second-order valence-electron chi connectivity index (χ2n) is 4.90. The van der Waals surface area contributed by atoms with Gasteiger partial charge in [-0.05, 0) is 24.3 Å². The van der Waals surface area contributed by atoms with Crippen molar-refractivity contribution < 1.29 is 0 Å². The highest BCUT2D eigenvalue weighted by Crippen LogP contribution is 2.37. The molecule has 1 heterocycles. The van der Waals surface area contributed by atoms with Gasteiger partial charge >= 0.3 is 0 Å². The standard InChI is InChI=1S/C11H19N3/c1-11(2)6-3-4-10(11)12-8-9-5-7-13-14-9/h5,7,10,12H,3-4,6,8H2,1-2H3,(H,13,14). The predicted molar refractivity (Wildman–Crippen MR) is 56.8 cm³/mol. The van der Waals surface area contributed by atoms with Crippen LogP contribution in [0.25, 0.3) is 0 Å². The van der Waals surface area contributed by atoms with Crippen LogP contribution in [0.1, 0.15) is 38.8 Å². The molecule has 0 amide bonds. The number of rotatable bonds is 3. The largest absolute Gasteiger partial charge is 0.308 e. The third-order valence-electron chi connectivity index (χ3n) is 3.35. The molecule has 1 aromatic rings. The first kappa shape index (κ1) is 9.71. The van der Waals surface area contributed by atoms with Crippen molar-refractivity contribution >= 4 is 0 Å². The Balaban J connectivity index is 1.86. The number of hydrogen-bond donors (Lipinski definition) is 2. The summed E-state index contributed by atoms with van der Waals surface area (Å²) in [5.74, 6) is 0. The smallest absolute Gasteiger partial charge is 0.0490 e. The predicted octanol–water partition coefficient (Wildman–Crippen LogP) is 2.08. The van der Waals surface area contributed by atoms with E-state index in [1.807, 2.05) is 6.07 Å². The molecule has 1 saturated carbocycles. The Bertz CT molecular complexity index is 277. The minimum atomic E-state index is 0.458. The van der Waals surface area contributed by atoms with Crippen molar-refractivity contribution in [1.82, 2.24) is 15.5 Å². The average molecular weight is 193 g/mol. The molecule has 1 atom stereocenters. The minimum Gasteiger partial charge on any atom is -0.308 e. The minimum absolute atomic E-state index is 0.458. The van der Waals surface area contributed by atoms with Gasteiger partial charge < -0.3 is 5.32 Å². The van der Waals surface area contributed by atoms with Gasteiger partial charge in [-0.2, -0.15) is 5.10 Å². The fourth-order valence-corrected chi connectivity index (χ4v) is 2.32. The summed E-state index contributed by atoms with van der Waals surface area (Å²) >= 11 is 0. The van der Waals surface area contributed by atoms with Crippen molar-refractivity contribution in [2.75, 3.05) is 0 Å². The van der Waals surface area contributed by atoms with Crippen LogP contribution >= 0.6 is 0 Å². The Labute approximate surface area is 85.3 Å². The number of nitrogens with zero attached hydrogens (tertiary/aromatic N) is 1. The molecule has 1 aliphatic rings. The first-order valence-electron chi connectivity index (χ1n) is 5.40. The second-order valence-corrected chi connectivity index (χ2v) is 4.90. The van der Waals surface area contributed by atoms with Gasteiger partial charge in [-0.3, -0.25) is 5.10 Å². The number of aromatic amines is 1. The summed E-state index contributed by atoms with van der Waals surface area (Å²) in [7, 11) is 0. The number of H-pyrrole nitrogens is 1. The maximum atomic E-state index is 3.94. The number of aromatic nitrogens is 2. The van der Waals surface area contributed by atoms with E-state index in [1.165, 1.54) is 25.0 Å². The van der Waals surface area contributed by atoms with Crippen LogP contribution in [0.15, 0.2) is 12.3 Å². The molecule has 3 nitrogen and oxygen atoms in total. The van der Waals surface area contributed by atoms with Crippen molar-refractivity contribution in [2.24, 2.45) is 5.41 Å². The van der Waals surface area contributed by atoms with E-state index in [0.29, 0.717) is 11.5 Å². The zero-order valence-corrected chi connectivity index (χ0v) is 9.01. The maximum absolute atomic E-state index is 3.94. The van der Waals surface area contributed by atoms with Crippen LogP contribution in [0.4, 0.5) is 0 Å². The molecule has 1 fully saturated rings. The highest BCUT2D eigenvalue weighted by Gasteiger charge is 2.33. The van der Waals surface area contributed by atoms with Crippen molar-refractivity contribution in [3.05, 3.63) is 18.0 Å². The first-order chi connectivity index (χ1) is 6.68. The van der Waals surface area contributed by atoms with Gasteiger partial charge in [0.1, 0.15) is 0 Å². The molecule has 0 radical (unpaired) electrons. The van der Waals surface area contributed by atoms with Crippen LogP contribution in [-0.4, -0.2) is 16.2 Å². The van der Waals surface area contributed by atoms with Crippen molar-refractivity contribution in [1.29, 1.82) is 0 Å². The lowest BCUT2D eigenvalue weighted by Gasteiger charge is -2.27. The van der Waals surface area contributed by atoms with Crippen LogP contribution in [0.3, 0.4) is 0 Å². The van der Waals surface area contributed by atoms with Crippen LogP contribution in [0, 0.1) is 5.41 Å². The Kier molecular flexibility index (Phi) is 2.59. The van der Waals surface area contributed by atoms with Gasteiger partial charge in [0.05, 0.1) is 0 Å². The average Bonchev–Trinajstić information content (AvgIpc) is 2.71. The summed E-state index contributed by atoms with van der Waals surface area (Å²) in [5, 5.41) is 10.5. The van der Waals surface area contributed by atoms with Gasteiger partial charge in [0.2, 0.25) is 0 Å². The lowest BCUT2D eigenvalue weighted by molar-refractivity contribution is 0.282. The maximum Gasteiger partial charge on any atom is 0.0490 e. The van der Waals surface area contributed by atoms with E-state index in [1.54, 1.807) is 6.20 Å². The Hall–Kier alpha value is -0.830. The van der Waals surface area contributed by atoms with Gasteiger partial charge in [0.15, 0.2) is 0 Å². The zero-order chi connectivity index (χ0) is 10.0. The summed E-state index contributed by atoms with van der Waals surface area (Å²) in [4.78, 5) is 0. The quantitative estimate of drug-likeness (QED) is 0.771. The van der Waals surface area contributed by atoms with Crippen molar-refractivity contribution in [3.63, 3.8) is 0 Å². The summed E-state index contributed by atoms with van der Waals surface area (Å²) < 4.78 is 0. The van der Waals surface area contributed by atoms with E-state index in [-0.39, 0.29) is 0 Å². The van der Waals surface area contributed by atoms with E-state index in [4.69, 9.17) is 0 Å². The molecular formula is C11H19N3. The lowest BCUT2D eigenvalue weighted by Crippen LogP contribution is -2.37. The molecule has 0 aliphatic heterocycles. The Morgan fingerprint density at radius 1 is 1.64 bits per heavy atom. The molecule has 1 aliphatic carbocycles. The van der Waals surface area contributed by atoms with Crippen molar-refractivity contribution in [2.45, 2.75) is 45.7 Å². The van der Waals surface area contributed by atoms with E-state index >= 15 is 0 Å². The Morgan fingerprint density at radius 2 is 2.50 bits per heavy atom. The molecule has 2 N–H and O–H groups in total. The molecule has 0 saturated heterocycles. The van der Waals surface area contributed by atoms with Gasteiger partial charge in [0.25, 0.3) is 0 Å². The molecule has 78 valence electrons.